The maximum atomic E-state index is 14.0. The molecule has 0 bridgehead atoms. The van der Waals surface area contributed by atoms with Gasteiger partial charge in [-0.1, -0.05) is 6.42 Å². The molecule has 3 N–H and O–H groups in total. The number of fused-ring (bicyclic) bond motifs is 1. The summed E-state index contributed by atoms with van der Waals surface area (Å²) in [6.07, 6.45) is 12.9. The van der Waals surface area contributed by atoms with Gasteiger partial charge in [-0.2, -0.15) is 0 Å². The molecule has 8 heteroatoms. The van der Waals surface area contributed by atoms with Crippen LogP contribution in [0.15, 0.2) is 0 Å². The van der Waals surface area contributed by atoms with Gasteiger partial charge in [0.05, 0.1) is 26.0 Å². The molecule has 8 nitrogen and oxygen atoms in total. The molecule has 7 atom stereocenters. The second-order valence-corrected chi connectivity index (χ2v) is 13.6. The molecule has 5 aliphatic heterocycles. The predicted molar refractivity (Wildman–Crippen MR) is 139 cm³/mol. The standard InChI is InChI=1S/C28H48N6O2/c1-32-18-29-31-25(32)13-28(16-36-17-28)20-5-4-6-22(11-20)34-15-24-23(27(34)35)12-21(14-33-9-2-3-10-33)30-26(24)19-7-8-19/h19-26,29-31H,2-18H2,1H3. The van der Waals surface area contributed by atoms with E-state index in [1.54, 1.807) is 0 Å². The Hall–Kier alpha value is -0.770. The van der Waals surface area contributed by atoms with Gasteiger partial charge in [0.2, 0.25) is 5.91 Å². The van der Waals surface area contributed by atoms with E-state index in [1.807, 2.05) is 0 Å². The van der Waals surface area contributed by atoms with Crippen molar-refractivity contribution in [2.45, 2.75) is 88.5 Å². The summed E-state index contributed by atoms with van der Waals surface area (Å²) in [5, 5.41) is 4.10. The van der Waals surface area contributed by atoms with E-state index in [0.29, 0.717) is 42.0 Å². The van der Waals surface area contributed by atoms with Crippen LogP contribution in [0.2, 0.25) is 0 Å². The molecular weight excluding hydrogens is 452 g/mol. The second kappa shape index (κ2) is 9.76. The van der Waals surface area contributed by atoms with Crippen LogP contribution in [0.5, 0.6) is 0 Å². The van der Waals surface area contributed by atoms with Gasteiger partial charge in [0.15, 0.2) is 0 Å². The Bertz CT molecular complexity index is 812. The first-order valence-corrected chi connectivity index (χ1v) is 15.1. The van der Waals surface area contributed by atoms with Gasteiger partial charge in [0.25, 0.3) is 0 Å². The number of hydrazine groups is 1. The van der Waals surface area contributed by atoms with Crippen LogP contribution in [-0.2, 0) is 9.53 Å². The lowest BCUT2D eigenvalue weighted by Crippen LogP contribution is -2.56. The van der Waals surface area contributed by atoms with E-state index in [9.17, 15) is 4.79 Å². The molecule has 7 aliphatic rings. The quantitative estimate of drug-likeness (QED) is 0.490. The van der Waals surface area contributed by atoms with Crippen LogP contribution in [0.3, 0.4) is 0 Å². The molecule has 2 saturated carbocycles. The van der Waals surface area contributed by atoms with Crippen LogP contribution in [0, 0.1) is 29.1 Å². The number of rotatable bonds is 7. The van der Waals surface area contributed by atoms with Gasteiger partial charge in [0.1, 0.15) is 0 Å². The Morgan fingerprint density at radius 3 is 2.58 bits per heavy atom. The maximum Gasteiger partial charge on any atom is 0.226 e. The molecule has 0 aromatic heterocycles. The van der Waals surface area contributed by atoms with E-state index in [4.69, 9.17) is 4.74 Å². The second-order valence-electron chi connectivity index (χ2n) is 13.6. The molecule has 7 unspecified atom stereocenters. The largest absolute Gasteiger partial charge is 0.380 e. The lowest BCUT2D eigenvalue weighted by atomic mass is 9.64. The van der Waals surface area contributed by atoms with Gasteiger partial charge in [-0.3, -0.25) is 9.69 Å². The van der Waals surface area contributed by atoms with Crippen LogP contribution in [-0.4, -0.2) is 98.0 Å². The first kappa shape index (κ1) is 24.3. The van der Waals surface area contributed by atoms with Gasteiger partial charge >= 0.3 is 0 Å². The van der Waals surface area contributed by atoms with Crippen molar-refractivity contribution in [3.05, 3.63) is 0 Å². The summed E-state index contributed by atoms with van der Waals surface area (Å²) in [6.45, 7) is 7.32. The predicted octanol–water partition coefficient (Wildman–Crippen LogP) is 1.59. The van der Waals surface area contributed by atoms with Gasteiger partial charge in [-0.25, -0.2) is 10.9 Å². The number of carbonyl (C=O) groups is 1. The highest BCUT2D eigenvalue weighted by molar-refractivity contribution is 5.82. The summed E-state index contributed by atoms with van der Waals surface area (Å²) in [6, 6.07) is 1.49. The molecule has 0 radical (unpaired) electrons. The zero-order chi connectivity index (χ0) is 24.3. The van der Waals surface area contributed by atoms with Crippen molar-refractivity contribution in [2.75, 3.05) is 53.1 Å². The van der Waals surface area contributed by atoms with Crippen molar-refractivity contribution in [3.63, 3.8) is 0 Å². The van der Waals surface area contributed by atoms with Crippen molar-refractivity contribution >= 4 is 5.91 Å². The minimum absolute atomic E-state index is 0.258. The highest BCUT2D eigenvalue weighted by Gasteiger charge is 2.55. The van der Waals surface area contributed by atoms with E-state index >= 15 is 0 Å². The molecular formula is C28H48N6O2. The number of nitrogens with zero attached hydrogens (tertiary/aromatic N) is 3. The lowest BCUT2D eigenvalue weighted by molar-refractivity contribution is -0.169. The van der Waals surface area contributed by atoms with Crippen LogP contribution >= 0.6 is 0 Å². The summed E-state index contributed by atoms with van der Waals surface area (Å²) in [7, 11) is 2.19. The molecule has 0 aromatic carbocycles. The summed E-state index contributed by atoms with van der Waals surface area (Å²) >= 11 is 0. The zero-order valence-electron chi connectivity index (χ0n) is 22.3. The Morgan fingerprint density at radius 1 is 1.06 bits per heavy atom. The van der Waals surface area contributed by atoms with Crippen LogP contribution < -0.4 is 16.2 Å². The van der Waals surface area contributed by atoms with E-state index in [1.165, 1.54) is 64.5 Å². The molecule has 0 spiro atoms. The third-order valence-corrected chi connectivity index (χ3v) is 11.2. The third-order valence-electron chi connectivity index (χ3n) is 11.2. The van der Waals surface area contributed by atoms with Crippen molar-refractivity contribution < 1.29 is 9.53 Å². The maximum absolute atomic E-state index is 14.0. The number of piperidine rings is 1. The Balaban J connectivity index is 1.04. The van der Waals surface area contributed by atoms with Crippen molar-refractivity contribution in [1.82, 2.24) is 30.9 Å². The molecule has 202 valence electrons. The number of hydrogen-bond donors (Lipinski definition) is 3. The summed E-state index contributed by atoms with van der Waals surface area (Å²) in [5.74, 6) is 2.77. The average Bonchev–Trinajstić information content (AvgIpc) is 3.27. The normalized spacial score (nSPS) is 43.6. The molecule has 0 aromatic rings. The van der Waals surface area contributed by atoms with Crippen molar-refractivity contribution in [3.8, 4) is 0 Å². The number of amides is 1. The number of hydrogen-bond acceptors (Lipinski definition) is 7. The van der Waals surface area contributed by atoms with Gasteiger partial charge < -0.3 is 19.9 Å². The Kier molecular flexibility index (Phi) is 6.58. The molecule has 7 fully saturated rings. The number of likely N-dealkylation sites (tertiary alicyclic amines) is 2. The first-order chi connectivity index (χ1) is 17.6. The summed E-state index contributed by atoms with van der Waals surface area (Å²) in [5.41, 5.74) is 7.04. The van der Waals surface area contributed by atoms with E-state index < -0.39 is 0 Å². The summed E-state index contributed by atoms with van der Waals surface area (Å²) < 4.78 is 5.85. The minimum Gasteiger partial charge on any atom is -0.380 e. The highest BCUT2D eigenvalue weighted by Crippen LogP contribution is 2.50. The number of ether oxygens (including phenoxy) is 1. The van der Waals surface area contributed by atoms with Crippen LogP contribution in [0.25, 0.3) is 0 Å². The SMILES string of the molecule is CN1CNNC1CC1(C2CCCC(N3CC4C(CC(CN5CCCC5)NC4C4CC4)C3=O)C2)COC1. The smallest absolute Gasteiger partial charge is 0.226 e. The van der Waals surface area contributed by atoms with Crippen LogP contribution in [0.1, 0.15) is 64.2 Å². The van der Waals surface area contributed by atoms with E-state index in [-0.39, 0.29) is 11.3 Å². The fourth-order valence-corrected chi connectivity index (χ4v) is 8.91. The van der Waals surface area contributed by atoms with E-state index in [0.717, 1.165) is 51.7 Å². The summed E-state index contributed by atoms with van der Waals surface area (Å²) in [4.78, 5) is 21.4. The lowest BCUT2D eigenvalue weighted by Gasteiger charge is -2.52. The molecule has 5 saturated heterocycles. The van der Waals surface area contributed by atoms with Crippen LogP contribution in [0.4, 0.5) is 0 Å². The number of carbonyl (C=O) groups excluding carboxylic acids is 1. The molecule has 2 aliphatic carbocycles. The Labute approximate surface area is 217 Å². The molecule has 1 amide bonds. The van der Waals surface area contributed by atoms with Gasteiger partial charge in [-0.05, 0) is 89.8 Å². The highest BCUT2D eigenvalue weighted by atomic mass is 16.5. The van der Waals surface area contributed by atoms with Crippen molar-refractivity contribution in [1.29, 1.82) is 0 Å². The van der Waals surface area contributed by atoms with Gasteiger partial charge in [-0.15, -0.1) is 0 Å². The topological polar surface area (TPSA) is 72.1 Å². The fourth-order valence-electron chi connectivity index (χ4n) is 8.91. The monoisotopic (exact) mass is 500 g/mol. The fraction of sp³-hybridized carbons (Fsp3) is 0.964. The average molecular weight is 501 g/mol. The third kappa shape index (κ3) is 4.43. The Morgan fingerprint density at radius 2 is 1.89 bits per heavy atom. The first-order valence-electron chi connectivity index (χ1n) is 15.1. The zero-order valence-corrected chi connectivity index (χ0v) is 22.3. The molecule has 5 heterocycles. The molecule has 36 heavy (non-hydrogen) atoms. The number of nitrogens with one attached hydrogen (secondary N) is 3. The molecule has 7 rings (SSSR count). The minimum atomic E-state index is 0.258. The van der Waals surface area contributed by atoms with Gasteiger partial charge in [0, 0.05) is 48.5 Å². The van der Waals surface area contributed by atoms with E-state index in [2.05, 4.69) is 37.9 Å². The van der Waals surface area contributed by atoms with Crippen molar-refractivity contribution in [2.24, 2.45) is 29.1 Å².